The van der Waals surface area contributed by atoms with Crippen molar-refractivity contribution in [1.29, 1.82) is 0 Å². The van der Waals surface area contributed by atoms with Gasteiger partial charge in [0.2, 0.25) is 0 Å². The quantitative estimate of drug-likeness (QED) is 0.521. The highest BCUT2D eigenvalue weighted by atomic mass is 28.4. The van der Waals surface area contributed by atoms with E-state index in [0.29, 0.717) is 25.6 Å². The van der Waals surface area contributed by atoms with Gasteiger partial charge in [0.15, 0.2) is 14.1 Å². The molecule has 1 heterocycles. The minimum absolute atomic E-state index is 0.0419. The van der Waals surface area contributed by atoms with Crippen molar-refractivity contribution in [3.8, 4) is 11.8 Å². The lowest BCUT2D eigenvalue weighted by Crippen LogP contribution is -2.53. The SMILES string of the molecule is Cc1ccc(C(C#CC2C(O)CC3C2CC32OCCO2)O[Si](C)(C)C(C)(C)C)c(C)c1. The number of aryl methyl sites for hydroxylation is 2. The van der Waals surface area contributed by atoms with Gasteiger partial charge < -0.3 is 19.0 Å². The summed E-state index contributed by atoms with van der Waals surface area (Å²) in [6.07, 6.45) is 0.843. The molecule has 1 spiro atoms. The highest BCUT2D eigenvalue weighted by molar-refractivity contribution is 6.74. The van der Waals surface area contributed by atoms with Crippen LogP contribution in [0, 0.1) is 43.4 Å². The zero-order valence-electron chi connectivity index (χ0n) is 20.1. The van der Waals surface area contributed by atoms with E-state index in [-0.39, 0.29) is 23.0 Å². The Hall–Kier alpha value is -1.16. The molecule has 5 heteroatoms. The first-order chi connectivity index (χ1) is 14.4. The number of ether oxygens (including phenoxy) is 2. The highest BCUT2D eigenvalue weighted by Crippen LogP contribution is 2.59. The maximum atomic E-state index is 10.8. The minimum Gasteiger partial charge on any atom is -0.399 e. The largest absolute Gasteiger partial charge is 0.399 e. The smallest absolute Gasteiger partial charge is 0.194 e. The van der Waals surface area contributed by atoms with Gasteiger partial charge in [-0.1, -0.05) is 56.4 Å². The molecule has 3 aliphatic rings. The summed E-state index contributed by atoms with van der Waals surface area (Å²) < 4.78 is 18.6. The Balaban J connectivity index is 1.61. The molecule has 3 fully saturated rings. The Labute approximate surface area is 188 Å². The maximum Gasteiger partial charge on any atom is 0.194 e. The van der Waals surface area contributed by atoms with E-state index < -0.39 is 20.2 Å². The lowest BCUT2D eigenvalue weighted by Gasteiger charge is -2.48. The molecule has 5 unspecified atom stereocenters. The zero-order chi connectivity index (χ0) is 22.6. The van der Waals surface area contributed by atoms with Crippen molar-refractivity contribution in [3.63, 3.8) is 0 Å². The lowest BCUT2D eigenvalue weighted by atomic mass is 9.67. The van der Waals surface area contributed by atoms with Gasteiger partial charge in [-0.05, 0) is 55.4 Å². The molecule has 1 aromatic carbocycles. The molecule has 1 aliphatic heterocycles. The fourth-order valence-corrected chi connectivity index (χ4v) is 6.28. The Morgan fingerprint density at radius 3 is 2.48 bits per heavy atom. The van der Waals surface area contributed by atoms with E-state index >= 15 is 0 Å². The van der Waals surface area contributed by atoms with Crippen LogP contribution in [0.2, 0.25) is 18.1 Å². The van der Waals surface area contributed by atoms with E-state index in [9.17, 15) is 5.11 Å². The summed E-state index contributed by atoms with van der Waals surface area (Å²) in [4.78, 5) is 0. The van der Waals surface area contributed by atoms with Gasteiger partial charge in [-0.2, -0.15) is 0 Å². The molecule has 1 aromatic rings. The van der Waals surface area contributed by atoms with E-state index in [1.807, 2.05) is 0 Å². The Morgan fingerprint density at radius 2 is 1.87 bits per heavy atom. The molecule has 0 bridgehead atoms. The number of fused-ring (bicyclic) bond motifs is 2. The van der Waals surface area contributed by atoms with Gasteiger partial charge in [-0.15, -0.1) is 0 Å². The molecule has 2 aliphatic carbocycles. The average molecular weight is 443 g/mol. The summed E-state index contributed by atoms with van der Waals surface area (Å²) in [6, 6.07) is 6.49. The van der Waals surface area contributed by atoms with Gasteiger partial charge in [-0.3, -0.25) is 0 Å². The van der Waals surface area contributed by atoms with Gasteiger partial charge >= 0.3 is 0 Å². The molecule has 31 heavy (non-hydrogen) atoms. The third-order valence-electron chi connectivity index (χ3n) is 8.06. The van der Waals surface area contributed by atoms with Gasteiger partial charge in [0.05, 0.1) is 19.3 Å². The van der Waals surface area contributed by atoms with Crippen LogP contribution in [0.1, 0.15) is 56.4 Å². The summed E-state index contributed by atoms with van der Waals surface area (Å²) in [5.41, 5.74) is 3.59. The molecule has 0 amide bonds. The van der Waals surface area contributed by atoms with Gasteiger partial charge in [-0.25, -0.2) is 0 Å². The van der Waals surface area contributed by atoms with Crippen molar-refractivity contribution in [1.82, 2.24) is 0 Å². The molecule has 0 aromatic heterocycles. The van der Waals surface area contributed by atoms with Crippen LogP contribution >= 0.6 is 0 Å². The van der Waals surface area contributed by atoms with Crippen LogP contribution < -0.4 is 0 Å². The van der Waals surface area contributed by atoms with Crippen molar-refractivity contribution in [2.75, 3.05) is 13.2 Å². The second kappa shape index (κ2) is 8.00. The molecular formula is C26H38O4Si. The molecule has 1 N–H and O–H groups in total. The topological polar surface area (TPSA) is 47.9 Å². The Kier molecular flexibility index (Phi) is 5.94. The Morgan fingerprint density at radius 1 is 1.19 bits per heavy atom. The van der Waals surface area contributed by atoms with Crippen molar-refractivity contribution in [2.24, 2.45) is 17.8 Å². The summed E-state index contributed by atoms with van der Waals surface area (Å²) in [5, 5.41) is 10.9. The molecule has 1 saturated heterocycles. The molecule has 0 radical (unpaired) electrons. The highest BCUT2D eigenvalue weighted by Gasteiger charge is 2.64. The number of aliphatic hydroxyl groups is 1. The molecular weight excluding hydrogens is 404 g/mol. The van der Waals surface area contributed by atoms with Crippen molar-refractivity contribution in [2.45, 2.75) is 83.6 Å². The van der Waals surface area contributed by atoms with Crippen LogP contribution in [-0.2, 0) is 13.9 Å². The second-order valence-electron chi connectivity index (χ2n) is 11.2. The Bertz CT molecular complexity index is 885. The predicted molar refractivity (Wildman–Crippen MR) is 125 cm³/mol. The third kappa shape index (κ3) is 4.14. The average Bonchev–Trinajstić information content (AvgIpc) is 3.24. The summed E-state index contributed by atoms with van der Waals surface area (Å²) >= 11 is 0. The predicted octanol–water partition coefficient (Wildman–Crippen LogP) is 5.13. The molecule has 4 nitrogen and oxygen atoms in total. The number of hydrogen-bond acceptors (Lipinski definition) is 4. The number of hydrogen-bond donors (Lipinski definition) is 1. The van der Waals surface area contributed by atoms with Crippen LogP contribution in [0.4, 0.5) is 0 Å². The van der Waals surface area contributed by atoms with Crippen molar-refractivity contribution in [3.05, 3.63) is 34.9 Å². The van der Waals surface area contributed by atoms with Crippen molar-refractivity contribution < 1.29 is 19.0 Å². The van der Waals surface area contributed by atoms with Crippen LogP contribution in [0.15, 0.2) is 18.2 Å². The van der Waals surface area contributed by atoms with E-state index in [0.717, 1.165) is 12.0 Å². The van der Waals surface area contributed by atoms with Gasteiger partial charge in [0, 0.05) is 18.3 Å². The summed E-state index contributed by atoms with van der Waals surface area (Å²) in [5.74, 6) is 7.05. The van der Waals surface area contributed by atoms with Crippen LogP contribution in [0.3, 0.4) is 0 Å². The van der Waals surface area contributed by atoms with Crippen LogP contribution in [-0.4, -0.2) is 38.5 Å². The van der Waals surface area contributed by atoms with Gasteiger partial charge in [0.25, 0.3) is 0 Å². The molecule has 170 valence electrons. The molecule has 2 saturated carbocycles. The standard InChI is InChI=1S/C26H38O4Si/c1-17-8-9-19(18(2)14-17)24(30-31(6,7)25(3,4)5)11-10-20-21-16-26(28-12-13-29-26)22(21)15-23(20)27/h8-9,14,20-24,27H,12-13,15-16H2,1-7H3. The third-order valence-corrected chi connectivity index (χ3v) is 12.5. The maximum absolute atomic E-state index is 10.8. The van der Waals surface area contributed by atoms with Crippen molar-refractivity contribution >= 4 is 8.32 Å². The minimum atomic E-state index is -2.03. The van der Waals surface area contributed by atoms with E-state index in [1.54, 1.807) is 0 Å². The molecule has 4 rings (SSSR count). The van der Waals surface area contributed by atoms with E-state index in [4.69, 9.17) is 13.9 Å². The fraction of sp³-hybridized carbons (Fsp3) is 0.692. The number of benzene rings is 1. The van der Waals surface area contributed by atoms with Crippen LogP contribution in [0.5, 0.6) is 0 Å². The molecule has 5 atom stereocenters. The van der Waals surface area contributed by atoms with E-state index in [2.05, 4.69) is 77.8 Å². The summed E-state index contributed by atoms with van der Waals surface area (Å²) in [6.45, 7) is 16.9. The zero-order valence-corrected chi connectivity index (χ0v) is 21.1. The van der Waals surface area contributed by atoms with Gasteiger partial charge in [0.1, 0.15) is 6.10 Å². The number of aliphatic hydroxyl groups excluding tert-OH is 1. The first-order valence-corrected chi connectivity index (χ1v) is 14.6. The monoisotopic (exact) mass is 442 g/mol. The second-order valence-corrected chi connectivity index (χ2v) is 16.0. The summed E-state index contributed by atoms with van der Waals surface area (Å²) in [7, 11) is -2.03. The normalized spacial score (nSPS) is 30.5. The number of rotatable bonds is 3. The lowest BCUT2D eigenvalue weighted by molar-refractivity contribution is -0.270. The first-order valence-electron chi connectivity index (χ1n) is 11.7. The van der Waals surface area contributed by atoms with E-state index in [1.165, 1.54) is 11.1 Å². The first kappa shape index (κ1) is 23.0. The fourth-order valence-electron chi connectivity index (χ4n) is 5.15. The van der Waals surface area contributed by atoms with Crippen LogP contribution in [0.25, 0.3) is 0 Å².